The first-order valence-electron chi connectivity index (χ1n) is 3.41. The van der Waals surface area contributed by atoms with Crippen molar-refractivity contribution in [3.05, 3.63) is 0 Å². The van der Waals surface area contributed by atoms with Gasteiger partial charge in [0.05, 0.1) is 11.2 Å². The zero-order valence-electron chi connectivity index (χ0n) is 8.41. The van der Waals surface area contributed by atoms with Gasteiger partial charge in [0.1, 0.15) is 0 Å². The maximum atomic E-state index is 5.62. The van der Waals surface area contributed by atoms with E-state index in [4.69, 9.17) is 4.74 Å². The molecule has 0 fully saturated rings. The molecule has 0 spiro atoms. The predicted molar refractivity (Wildman–Crippen MR) is 46.3 cm³/mol. The Morgan fingerprint density at radius 2 is 0.900 bits per heavy atom. The second-order valence-corrected chi connectivity index (χ2v) is 4.33. The van der Waals surface area contributed by atoms with E-state index in [9.17, 15) is 0 Å². The smallest absolute Gasteiger partial charge is 0.0605 e. The number of hydrogen-bond donors (Lipinski definition) is 0. The molecule has 57 valence electrons. The minimum absolute atomic E-state index is 0. The summed E-state index contributed by atoms with van der Waals surface area (Å²) in [6, 6.07) is 0. The SMILES string of the molecule is CC(C)(C)OC(C)(C)C.[Li]. The minimum atomic E-state index is -0.0156. The summed E-state index contributed by atoms with van der Waals surface area (Å²) >= 11 is 0. The van der Waals surface area contributed by atoms with E-state index in [1.807, 2.05) is 0 Å². The molecule has 10 heavy (non-hydrogen) atoms. The summed E-state index contributed by atoms with van der Waals surface area (Å²) in [6.07, 6.45) is 0. The second-order valence-electron chi connectivity index (χ2n) is 4.33. The van der Waals surface area contributed by atoms with Crippen LogP contribution in [0.1, 0.15) is 41.5 Å². The molecule has 0 aliphatic heterocycles. The summed E-state index contributed by atoms with van der Waals surface area (Å²) in [6.45, 7) is 12.4. The average molecular weight is 137 g/mol. The van der Waals surface area contributed by atoms with Crippen LogP contribution in [0.4, 0.5) is 0 Å². The van der Waals surface area contributed by atoms with Crippen LogP contribution in [-0.2, 0) is 4.74 Å². The Labute approximate surface area is 76.7 Å². The molecule has 0 rings (SSSR count). The number of rotatable bonds is 0. The van der Waals surface area contributed by atoms with Crippen LogP contribution in [0.2, 0.25) is 0 Å². The standard InChI is InChI=1S/C8H18O.Li/c1-7(2,3)9-8(4,5)6;/h1-6H3;. The first-order chi connectivity index (χ1) is 3.71. The molecule has 0 aromatic heterocycles. The summed E-state index contributed by atoms with van der Waals surface area (Å²) in [7, 11) is 0. The van der Waals surface area contributed by atoms with Gasteiger partial charge in [0, 0.05) is 18.9 Å². The fourth-order valence-electron chi connectivity index (χ4n) is 0.919. The summed E-state index contributed by atoms with van der Waals surface area (Å²) in [5.74, 6) is 0. The molecule has 0 saturated carbocycles. The van der Waals surface area contributed by atoms with E-state index in [0.29, 0.717) is 0 Å². The molecule has 0 N–H and O–H groups in total. The van der Waals surface area contributed by atoms with Gasteiger partial charge in [-0.3, -0.25) is 0 Å². The first kappa shape index (κ1) is 13.2. The van der Waals surface area contributed by atoms with Gasteiger partial charge in [0.15, 0.2) is 0 Å². The van der Waals surface area contributed by atoms with Crippen molar-refractivity contribution in [3.8, 4) is 0 Å². The van der Waals surface area contributed by atoms with Gasteiger partial charge in [-0.25, -0.2) is 0 Å². The molecule has 0 atom stereocenters. The molecule has 0 aliphatic rings. The van der Waals surface area contributed by atoms with Crippen LogP contribution in [0, 0.1) is 0 Å². The Bertz CT molecular complexity index is 74.4. The molecule has 0 aromatic rings. The molecule has 1 radical (unpaired) electrons. The average Bonchev–Trinajstić information content (AvgIpc) is 1.14. The molecule has 1 nitrogen and oxygen atoms in total. The van der Waals surface area contributed by atoms with E-state index in [2.05, 4.69) is 41.5 Å². The Kier molecular flexibility index (Phi) is 5.01. The van der Waals surface area contributed by atoms with Crippen molar-refractivity contribution < 1.29 is 4.74 Å². The summed E-state index contributed by atoms with van der Waals surface area (Å²) in [5, 5.41) is 0. The molecule has 0 heterocycles. The molecule has 0 aromatic carbocycles. The maximum absolute atomic E-state index is 5.62. The summed E-state index contributed by atoms with van der Waals surface area (Å²) in [4.78, 5) is 0. The van der Waals surface area contributed by atoms with Gasteiger partial charge in [0.25, 0.3) is 0 Å². The van der Waals surface area contributed by atoms with Gasteiger partial charge in [-0.05, 0) is 41.5 Å². The molecule has 0 amide bonds. The Morgan fingerprint density at radius 3 is 0.900 bits per heavy atom. The molecular weight excluding hydrogens is 119 g/mol. The third-order valence-corrected chi connectivity index (χ3v) is 0.612. The fraction of sp³-hybridized carbons (Fsp3) is 1.00. The van der Waals surface area contributed by atoms with Crippen molar-refractivity contribution in [1.82, 2.24) is 0 Å². The predicted octanol–water partition coefficient (Wildman–Crippen LogP) is 2.22. The third-order valence-electron chi connectivity index (χ3n) is 0.612. The van der Waals surface area contributed by atoms with Crippen LogP contribution < -0.4 is 0 Å². The number of ether oxygens (including phenoxy) is 1. The van der Waals surface area contributed by atoms with E-state index < -0.39 is 0 Å². The molecular formula is C8H18LiO. The second kappa shape index (κ2) is 3.81. The zero-order chi connectivity index (χ0) is 7.71. The molecule has 2 heteroatoms. The van der Waals surface area contributed by atoms with Crippen molar-refractivity contribution in [1.29, 1.82) is 0 Å². The first-order valence-corrected chi connectivity index (χ1v) is 3.41. The van der Waals surface area contributed by atoms with Crippen molar-refractivity contribution in [2.45, 2.75) is 52.7 Å². The van der Waals surface area contributed by atoms with Gasteiger partial charge < -0.3 is 4.74 Å². The fourth-order valence-corrected chi connectivity index (χ4v) is 0.919. The van der Waals surface area contributed by atoms with E-state index >= 15 is 0 Å². The monoisotopic (exact) mass is 137 g/mol. The van der Waals surface area contributed by atoms with Crippen molar-refractivity contribution in [2.75, 3.05) is 0 Å². The van der Waals surface area contributed by atoms with Crippen LogP contribution >= 0.6 is 0 Å². The van der Waals surface area contributed by atoms with Gasteiger partial charge in [-0.15, -0.1) is 0 Å². The van der Waals surface area contributed by atoms with Crippen molar-refractivity contribution in [3.63, 3.8) is 0 Å². The van der Waals surface area contributed by atoms with Gasteiger partial charge in [-0.2, -0.15) is 0 Å². The van der Waals surface area contributed by atoms with E-state index in [0.717, 1.165) is 0 Å². The topological polar surface area (TPSA) is 9.23 Å². The van der Waals surface area contributed by atoms with Crippen molar-refractivity contribution >= 4 is 18.9 Å². The molecule has 0 bridgehead atoms. The normalized spacial score (nSPS) is 12.6. The Balaban J connectivity index is 0. The number of hydrogen-bond acceptors (Lipinski definition) is 1. The van der Waals surface area contributed by atoms with Gasteiger partial charge >= 0.3 is 0 Å². The van der Waals surface area contributed by atoms with E-state index in [-0.39, 0.29) is 30.1 Å². The molecule has 0 saturated heterocycles. The van der Waals surface area contributed by atoms with E-state index in [1.165, 1.54) is 0 Å². The minimum Gasteiger partial charge on any atom is -0.370 e. The van der Waals surface area contributed by atoms with Crippen LogP contribution in [0.15, 0.2) is 0 Å². The largest absolute Gasteiger partial charge is 0.370 e. The Hall–Kier alpha value is 0.557. The zero-order valence-corrected chi connectivity index (χ0v) is 8.41. The molecule has 0 unspecified atom stereocenters. The molecule has 0 aliphatic carbocycles. The van der Waals surface area contributed by atoms with Crippen LogP contribution in [0.3, 0.4) is 0 Å². The van der Waals surface area contributed by atoms with Crippen LogP contribution in [0.5, 0.6) is 0 Å². The summed E-state index contributed by atoms with van der Waals surface area (Å²) in [5.41, 5.74) is -0.0312. The van der Waals surface area contributed by atoms with E-state index in [1.54, 1.807) is 0 Å². The van der Waals surface area contributed by atoms with Gasteiger partial charge in [-0.1, -0.05) is 0 Å². The van der Waals surface area contributed by atoms with Crippen molar-refractivity contribution in [2.24, 2.45) is 0 Å². The summed E-state index contributed by atoms with van der Waals surface area (Å²) < 4.78 is 5.62. The van der Waals surface area contributed by atoms with Crippen LogP contribution in [0.25, 0.3) is 0 Å². The quantitative estimate of drug-likeness (QED) is 0.465. The third kappa shape index (κ3) is 11.4. The Morgan fingerprint density at radius 1 is 0.700 bits per heavy atom. The maximum Gasteiger partial charge on any atom is 0.0605 e. The van der Waals surface area contributed by atoms with Gasteiger partial charge in [0.2, 0.25) is 0 Å². The van der Waals surface area contributed by atoms with Crippen LogP contribution in [-0.4, -0.2) is 30.1 Å².